The lowest BCUT2D eigenvalue weighted by Gasteiger charge is -2.31. The number of nitrogens with one attached hydrogen (secondary N) is 1. The fraction of sp³-hybridized carbons (Fsp3) is 0.692. The molecule has 1 fully saturated rings. The summed E-state index contributed by atoms with van der Waals surface area (Å²) < 4.78 is 41.9. The van der Waals surface area contributed by atoms with E-state index in [-0.39, 0.29) is 18.4 Å². The molecule has 0 saturated carbocycles. The summed E-state index contributed by atoms with van der Waals surface area (Å²) in [5.74, 6) is 0.216. The molecule has 1 saturated heterocycles. The summed E-state index contributed by atoms with van der Waals surface area (Å²) in [6, 6.07) is 0. The molecule has 2 rings (SSSR count). The summed E-state index contributed by atoms with van der Waals surface area (Å²) in [5, 5.41) is 2.75. The van der Waals surface area contributed by atoms with E-state index in [1.54, 1.807) is 6.92 Å². The Bertz CT molecular complexity index is 479. The maximum atomic E-state index is 12.3. The van der Waals surface area contributed by atoms with Gasteiger partial charge in [-0.3, -0.25) is 9.69 Å². The van der Waals surface area contributed by atoms with Crippen molar-refractivity contribution in [2.45, 2.75) is 32.5 Å². The molecule has 5 nitrogen and oxygen atoms in total. The first kappa shape index (κ1) is 15.8. The summed E-state index contributed by atoms with van der Waals surface area (Å²) in [4.78, 5) is 17.2. The topological polar surface area (TPSA) is 58.4 Å². The summed E-state index contributed by atoms with van der Waals surface area (Å²) in [5.41, 5.74) is 0.718. The zero-order chi connectivity index (χ0) is 15.5. The number of carbonyl (C=O) groups is 1. The van der Waals surface area contributed by atoms with Crippen molar-refractivity contribution in [3.05, 3.63) is 17.8 Å². The monoisotopic (exact) mass is 305 g/mol. The first-order valence-corrected chi connectivity index (χ1v) is 6.81. The molecule has 1 aromatic heterocycles. The summed E-state index contributed by atoms with van der Waals surface area (Å²) in [6.45, 7) is 1.71. The molecule has 118 valence electrons. The number of piperidine rings is 1. The quantitative estimate of drug-likeness (QED) is 0.922. The first-order valence-electron chi connectivity index (χ1n) is 6.81. The van der Waals surface area contributed by atoms with E-state index < -0.39 is 12.7 Å². The Balaban J connectivity index is 1.74. The van der Waals surface area contributed by atoms with Crippen LogP contribution in [0.1, 0.15) is 24.3 Å². The highest BCUT2D eigenvalue weighted by Crippen LogP contribution is 2.22. The minimum absolute atomic E-state index is 0.141. The Morgan fingerprint density at radius 2 is 2.14 bits per heavy atom. The number of halogens is 3. The first-order chi connectivity index (χ1) is 9.85. The van der Waals surface area contributed by atoms with Crippen molar-refractivity contribution in [2.75, 3.05) is 19.6 Å². The smallest absolute Gasteiger partial charge is 0.401 e. The average molecular weight is 305 g/mol. The number of aryl methyl sites for hydroxylation is 1. The Morgan fingerprint density at radius 1 is 1.48 bits per heavy atom. The van der Waals surface area contributed by atoms with Gasteiger partial charge in [0.25, 0.3) is 0 Å². The third-order valence-corrected chi connectivity index (χ3v) is 3.63. The summed E-state index contributed by atoms with van der Waals surface area (Å²) >= 11 is 0. The third-order valence-electron chi connectivity index (χ3n) is 3.63. The predicted molar refractivity (Wildman–Crippen MR) is 68.3 cm³/mol. The molecule has 21 heavy (non-hydrogen) atoms. The van der Waals surface area contributed by atoms with Crippen molar-refractivity contribution in [3.63, 3.8) is 0 Å². The highest BCUT2D eigenvalue weighted by Gasteiger charge is 2.33. The van der Waals surface area contributed by atoms with Crippen LogP contribution in [0, 0.1) is 12.8 Å². The third kappa shape index (κ3) is 4.73. The highest BCUT2D eigenvalue weighted by atomic mass is 19.4. The number of aromatic nitrogens is 1. The van der Waals surface area contributed by atoms with Crippen LogP contribution in [0.4, 0.5) is 13.2 Å². The Kier molecular flexibility index (Phi) is 4.87. The fourth-order valence-corrected chi connectivity index (χ4v) is 2.41. The van der Waals surface area contributed by atoms with E-state index in [9.17, 15) is 18.0 Å². The molecular weight excluding hydrogens is 287 g/mol. The lowest BCUT2D eigenvalue weighted by molar-refractivity contribution is -0.149. The van der Waals surface area contributed by atoms with E-state index in [1.807, 2.05) is 0 Å². The number of hydrogen-bond acceptors (Lipinski definition) is 4. The zero-order valence-corrected chi connectivity index (χ0v) is 11.7. The number of carbonyl (C=O) groups excluding carboxylic acids is 1. The summed E-state index contributed by atoms with van der Waals surface area (Å²) in [6.07, 6.45) is -1.99. The number of hydrogen-bond donors (Lipinski definition) is 1. The standard InChI is InChI=1S/C13H18F3N3O2/c1-9-11(21-8-18-9)6-17-12(20)10-2-4-19(5-3-10)7-13(14,15)16/h8,10H,2-7H2,1H3,(H,17,20). The molecule has 8 heteroatoms. The Morgan fingerprint density at radius 3 is 2.67 bits per heavy atom. The van der Waals surface area contributed by atoms with Crippen LogP contribution in [0.3, 0.4) is 0 Å². The molecule has 1 N–H and O–H groups in total. The Hall–Kier alpha value is -1.57. The number of alkyl halides is 3. The molecule has 1 amide bonds. The minimum Gasteiger partial charge on any atom is -0.446 e. The van der Waals surface area contributed by atoms with E-state index in [4.69, 9.17) is 4.42 Å². The predicted octanol–water partition coefficient (Wildman–Crippen LogP) is 1.87. The van der Waals surface area contributed by atoms with Crippen LogP contribution in [0.2, 0.25) is 0 Å². The number of amides is 1. The van der Waals surface area contributed by atoms with Gasteiger partial charge < -0.3 is 9.73 Å². The van der Waals surface area contributed by atoms with Gasteiger partial charge in [0.2, 0.25) is 5.91 Å². The molecular formula is C13H18F3N3O2. The normalized spacial score (nSPS) is 17.9. The van der Waals surface area contributed by atoms with Gasteiger partial charge in [-0.25, -0.2) is 4.98 Å². The van der Waals surface area contributed by atoms with Crippen molar-refractivity contribution >= 4 is 5.91 Å². The largest absolute Gasteiger partial charge is 0.446 e. The van der Waals surface area contributed by atoms with Crippen LogP contribution in [0.25, 0.3) is 0 Å². The minimum atomic E-state index is -4.18. The van der Waals surface area contributed by atoms with Gasteiger partial charge in [0.05, 0.1) is 18.8 Å². The average Bonchev–Trinajstić information content (AvgIpc) is 2.80. The molecule has 0 spiro atoms. The van der Waals surface area contributed by atoms with E-state index in [0.717, 1.165) is 5.69 Å². The maximum Gasteiger partial charge on any atom is 0.401 e. The zero-order valence-electron chi connectivity index (χ0n) is 11.7. The van der Waals surface area contributed by atoms with Gasteiger partial charge in [-0.2, -0.15) is 13.2 Å². The van der Waals surface area contributed by atoms with Crippen molar-refractivity contribution < 1.29 is 22.4 Å². The molecule has 0 aromatic carbocycles. The highest BCUT2D eigenvalue weighted by molar-refractivity contribution is 5.78. The van der Waals surface area contributed by atoms with Crippen molar-refractivity contribution in [1.29, 1.82) is 0 Å². The maximum absolute atomic E-state index is 12.3. The molecule has 0 atom stereocenters. The van der Waals surface area contributed by atoms with Gasteiger partial charge >= 0.3 is 6.18 Å². The van der Waals surface area contributed by atoms with E-state index in [1.165, 1.54) is 11.3 Å². The number of likely N-dealkylation sites (tertiary alicyclic amines) is 1. The van der Waals surface area contributed by atoms with Crippen LogP contribution < -0.4 is 5.32 Å². The SMILES string of the molecule is Cc1ncoc1CNC(=O)C1CCN(CC(F)(F)F)CC1. The number of oxazole rings is 1. The fourth-order valence-electron chi connectivity index (χ4n) is 2.41. The van der Waals surface area contributed by atoms with Crippen molar-refractivity contribution in [2.24, 2.45) is 5.92 Å². The van der Waals surface area contributed by atoms with Crippen LogP contribution in [-0.2, 0) is 11.3 Å². The van der Waals surface area contributed by atoms with Crippen LogP contribution in [0.5, 0.6) is 0 Å². The second-order valence-corrected chi connectivity index (χ2v) is 5.24. The van der Waals surface area contributed by atoms with E-state index in [0.29, 0.717) is 31.7 Å². The van der Waals surface area contributed by atoms with Gasteiger partial charge in [0.15, 0.2) is 6.39 Å². The van der Waals surface area contributed by atoms with Crippen LogP contribution in [0.15, 0.2) is 10.8 Å². The van der Waals surface area contributed by atoms with Gasteiger partial charge in [-0.05, 0) is 32.9 Å². The molecule has 0 aliphatic carbocycles. The van der Waals surface area contributed by atoms with Gasteiger partial charge in [0, 0.05) is 5.92 Å². The summed E-state index contributed by atoms with van der Waals surface area (Å²) in [7, 11) is 0. The molecule has 2 heterocycles. The molecule has 1 aromatic rings. The van der Waals surface area contributed by atoms with Gasteiger partial charge in [-0.1, -0.05) is 0 Å². The van der Waals surface area contributed by atoms with E-state index >= 15 is 0 Å². The lowest BCUT2D eigenvalue weighted by Crippen LogP contribution is -2.43. The number of nitrogens with zero attached hydrogens (tertiary/aromatic N) is 2. The molecule has 0 radical (unpaired) electrons. The molecule has 1 aliphatic heterocycles. The van der Waals surface area contributed by atoms with Gasteiger partial charge in [0.1, 0.15) is 5.76 Å². The molecule has 1 aliphatic rings. The molecule has 0 bridgehead atoms. The molecule has 0 unspecified atom stereocenters. The van der Waals surface area contributed by atoms with E-state index in [2.05, 4.69) is 10.3 Å². The van der Waals surface area contributed by atoms with Gasteiger partial charge in [-0.15, -0.1) is 0 Å². The van der Waals surface area contributed by atoms with Crippen LogP contribution in [-0.4, -0.2) is 41.6 Å². The lowest BCUT2D eigenvalue weighted by atomic mass is 9.96. The van der Waals surface area contributed by atoms with Crippen LogP contribution >= 0.6 is 0 Å². The second kappa shape index (κ2) is 6.46. The Labute approximate surface area is 120 Å². The van der Waals surface area contributed by atoms with Crippen molar-refractivity contribution in [1.82, 2.24) is 15.2 Å². The second-order valence-electron chi connectivity index (χ2n) is 5.24. The number of rotatable bonds is 4. The van der Waals surface area contributed by atoms with Crippen molar-refractivity contribution in [3.8, 4) is 0 Å².